The van der Waals surface area contributed by atoms with Gasteiger partial charge in [-0.15, -0.1) is 0 Å². The van der Waals surface area contributed by atoms with Crippen LogP contribution in [0.15, 0.2) is 24.7 Å². The maximum Gasteiger partial charge on any atom is 0.161 e. The summed E-state index contributed by atoms with van der Waals surface area (Å²) in [5, 5.41) is 3.44. The first-order valence-electron chi connectivity index (χ1n) is 7.74. The first-order valence-corrected chi connectivity index (χ1v) is 7.74. The third-order valence-corrected chi connectivity index (χ3v) is 4.22. The van der Waals surface area contributed by atoms with Crippen LogP contribution in [0.2, 0.25) is 0 Å². The molecule has 0 bridgehead atoms. The summed E-state index contributed by atoms with van der Waals surface area (Å²) in [6.07, 6.45) is 9.04. The van der Waals surface area contributed by atoms with Gasteiger partial charge in [0.1, 0.15) is 0 Å². The highest BCUT2D eigenvalue weighted by atomic mass is 14.9. The second-order valence-corrected chi connectivity index (χ2v) is 5.77. The number of rotatable bonds is 4. The number of hydrogen-bond acceptors (Lipinski definition) is 4. The van der Waals surface area contributed by atoms with E-state index in [1.165, 1.54) is 23.2 Å². The molecule has 21 heavy (non-hydrogen) atoms. The molecule has 0 aromatic carbocycles. The van der Waals surface area contributed by atoms with Crippen LogP contribution in [0.1, 0.15) is 30.2 Å². The molecule has 2 heterocycles. The van der Waals surface area contributed by atoms with Crippen molar-refractivity contribution in [2.75, 3.05) is 13.1 Å². The summed E-state index contributed by atoms with van der Waals surface area (Å²) in [4.78, 5) is 13.5. The monoisotopic (exact) mass is 282 g/mol. The zero-order valence-electron chi connectivity index (χ0n) is 12.8. The van der Waals surface area contributed by atoms with Crippen LogP contribution in [0, 0.1) is 12.8 Å². The molecule has 2 aromatic rings. The van der Waals surface area contributed by atoms with Crippen LogP contribution in [0.5, 0.6) is 0 Å². The van der Waals surface area contributed by atoms with E-state index < -0.39 is 0 Å². The molecule has 0 aliphatic heterocycles. The molecule has 2 aromatic heterocycles. The Labute approximate surface area is 126 Å². The standard InChI is InChI=1S/C17H22N4/c1-3-18-9-13-4-5-16-14(8-13)10-20-17(21-16)15-11-19-7-6-12(15)2/h6-7,10-11,13,18H,3-5,8-9H2,1-2H3. The maximum atomic E-state index is 4.79. The third-order valence-electron chi connectivity index (χ3n) is 4.22. The fraction of sp³-hybridized carbons (Fsp3) is 0.471. The van der Waals surface area contributed by atoms with Crippen molar-refractivity contribution in [2.24, 2.45) is 5.92 Å². The van der Waals surface area contributed by atoms with Gasteiger partial charge in [0.05, 0.1) is 0 Å². The lowest BCUT2D eigenvalue weighted by Gasteiger charge is -2.24. The van der Waals surface area contributed by atoms with E-state index in [9.17, 15) is 0 Å². The lowest BCUT2D eigenvalue weighted by molar-refractivity contribution is 0.424. The molecule has 1 unspecified atom stereocenters. The lowest BCUT2D eigenvalue weighted by Crippen LogP contribution is -2.27. The Hall–Kier alpha value is -1.81. The van der Waals surface area contributed by atoms with E-state index in [1.54, 1.807) is 0 Å². The van der Waals surface area contributed by atoms with E-state index in [4.69, 9.17) is 4.98 Å². The fourth-order valence-electron chi connectivity index (χ4n) is 2.93. The molecular formula is C17H22N4. The number of aromatic nitrogens is 3. The first kappa shape index (κ1) is 14.1. The minimum atomic E-state index is 0.715. The quantitative estimate of drug-likeness (QED) is 0.936. The molecule has 1 N–H and O–H groups in total. The predicted molar refractivity (Wildman–Crippen MR) is 84.1 cm³/mol. The summed E-state index contributed by atoms with van der Waals surface area (Å²) < 4.78 is 0. The number of aryl methyl sites for hydroxylation is 2. The van der Waals surface area contributed by atoms with Crippen molar-refractivity contribution in [3.05, 3.63) is 41.5 Å². The molecule has 1 aliphatic carbocycles. The van der Waals surface area contributed by atoms with E-state index in [2.05, 4.69) is 29.1 Å². The van der Waals surface area contributed by atoms with Crippen LogP contribution in [0.25, 0.3) is 11.4 Å². The van der Waals surface area contributed by atoms with Crippen molar-refractivity contribution in [2.45, 2.75) is 33.1 Å². The summed E-state index contributed by atoms with van der Waals surface area (Å²) in [6.45, 7) is 6.37. The fourth-order valence-corrected chi connectivity index (χ4v) is 2.93. The minimum Gasteiger partial charge on any atom is -0.317 e. The van der Waals surface area contributed by atoms with Crippen molar-refractivity contribution in [1.82, 2.24) is 20.3 Å². The van der Waals surface area contributed by atoms with Gasteiger partial charge in [0.25, 0.3) is 0 Å². The van der Waals surface area contributed by atoms with Gasteiger partial charge in [0, 0.05) is 29.8 Å². The molecule has 4 heteroatoms. The van der Waals surface area contributed by atoms with Gasteiger partial charge in [0.2, 0.25) is 0 Å². The van der Waals surface area contributed by atoms with Crippen LogP contribution >= 0.6 is 0 Å². The van der Waals surface area contributed by atoms with E-state index in [-0.39, 0.29) is 0 Å². The molecule has 110 valence electrons. The molecule has 0 radical (unpaired) electrons. The molecule has 1 atom stereocenters. The lowest BCUT2D eigenvalue weighted by atomic mass is 9.87. The van der Waals surface area contributed by atoms with Gasteiger partial charge >= 0.3 is 0 Å². The minimum absolute atomic E-state index is 0.715. The van der Waals surface area contributed by atoms with Crippen molar-refractivity contribution in [3.8, 4) is 11.4 Å². The van der Waals surface area contributed by atoms with Crippen molar-refractivity contribution < 1.29 is 0 Å². The first-order chi connectivity index (χ1) is 10.3. The Morgan fingerprint density at radius 2 is 2.24 bits per heavy atom. The zero-order chi connectivity index (χ0) is 14.7. The summed E-state index contributed by atoms with van der Waals surface area (Å²) in [5.41, 5.74) is 4.74. The molecule has 1 aliphatic rings. The average Bonchev–Trinajstić information content (AvgIpc) is 2.53. The summed E-state index contributed by atoms with van der Waals surface area (Å²) >= 11 is 0. The van der Waals surface area contributed by atoms with Gasteiger partial charge in [-0.05, 0) is 62.4 Å². The summed E-state index contributed by atoms with van der Waals surface area (Å²) in [5.74, 6) is 1.52. The smallest absolute Gasteiger partial charge is 0.161 e. The van der Waals surface area contributed by atoms with Crippen molar-refractivity contribution in [3.63, 3.8) is 0 Å². The van der Waals surface area contributed by atoms with E-state index in [0.29, 0.717) is 5.92 Å². The highest BCUT2D eigenvalue weighted by Crippen LogP contribution is 2.26. The largest absolute Gasteiger partial charge is 0.317 e. The Morgan fingerprint density at radius 3 is 3.05 bits per heavy atom. The predicted octanol–water partition coefficient (Wildman–Crippen LogP) is 2.56. The topological polar surface area (TPSA) is 50.7 Å². The Bertz CT molecular complexity index is 624. The number of hydrogen-bond donors (Lipinski definition) is 1. The van der Waals surface area contributed by atoms with Crippen molar-refractivity contribution in [1.29, 1.82) is 0 Å². The molecular weight excluding hydrogens is 260 g/mol. The van der Waals surface area contributed by atoms with Crippen LogP contribution < -0.4 is 5.32 Å². The summed E-state index contributed by atoms with van der Waals surface area (Å²) in [6, 6.07) is 2.00. The molecule has 0 amide bonds. The van der Waals surface area contributed by atoms with E-state index in [1.807, 2.05) is 24.7 Å². The number of nitrogens with one attached hydrogen (secondary N) is 1. The van der Waals surface area contributed by atoms with Crippen LogP contribution in [-0.2, 0) is 12.8 Å². The van der Waals surface area contributed by atoms with Gasteiger partial charge in [0.15, 0.2) is 5.82 Å². The van der Waals surface area contributed by atoms with Gasteiger partial charge in [-0.3, -0.25) is 4.98 Å². The third kappa shape index (κ3) is 3.10. The zero-order valence-corrected chi connectivity index (χ0v) is 12.8. The van der Waals surface area contributed by atoms with E-state index in [0.717, 1.165) is 37.3 Å². The van der Waals surface area contributed by atoms with Crippen LogP contribution in [-0.4, -0.2) is 28.0 Å². The maximum absolute atomic E-state index is 4.79. The average molecular weight is 282 g/mol. The van der Waals surface area contributed by atoms with Gasteiger partial charge in [-0.1, -0.05) is 6.92 Å². The van der Waals surface area contributed by atoms with Crippen LogP contribution in [0.3, 0.4) is 0 Å². The Kier molecular flexibility index (Phi) is 4.25. The number of fused-ring (bicyclic) bond motifs is 1. The second-order valence-electron chi connectivity index (χ2n) is 5.77. The summed E-state index contributed by atoms with van der Waals surface area (Å²) in [7, 11) is 0. The molecule has 0 saturated carbocycles. The Balaban J connectivity index is 1.82. The highest BCUT2D eigenvalue weighted by Gasteiger charge is 2.20. The highest BCUT2D eigenvalue weighted by molar-refractivity contribution is 5.58. The van der Waals surface area contributed by atoms with E-state index >= 15 is 0 Å². The second kappa shape index (κ2) is 6.31. The van der Waals surface area contributed by atoms with Gasteiger partial charge in [-0.2, -0.15) is 0 Å². The van der Waals surface area contributed by atoms with Gasteiger partial charge < -0.3 is 5.32 Å². The van der Waals surface area contributed by atoms with Crippen molar-refractivity contribution >= 4 is 0 Å². The molecule has 0 spiro atoms. The number of nitrogens with zero attached hydrogens (tertiary/aromatic N) is 3. The molecule has 3 rings (SSSR count). The molecule has 4 nitrogen and oxygen atoms in total. The normalized spacial score (nSPS) is 17.5. The van der Waals surface area contributed by atoms with Crippen LogP contribution in [0.4, 0.5) is 0 Å². The number of pyridine rings is 1. The van der Waals surface area contributed by atoms with Gasteiger partial charge in [-0.25, -0.2) is 9.97 Å². The molecule has 0 fully saturated rings. The molecule has 0 saturated heterocycles. The Morgan fingerprint density at radius 1 is 1.33 bits per heavy atom. The SMILES string of the molecule is CCNCC1CCc2nc(-c3cnccc3C)ncc2C1.